The van der Waals surface area contributed by atoms with Crippen LogP contribution in [-0.2, 0) is 27.9 Å². The van der Waals surface area contributed by atoms with Crippen LogP contribution >= 0.6 is 0 Å². The fraction of sp³-hybridized carbons (Fsp3) is 0.340. The second-order valence-electron chi connectivity index (χ2n) is 17.4. The summed E-state index contributed by atoms with van der Waals surface area (Å²) in [6.07, 6.45) is 10.4. The van der Waals surface area contributed by atoms with Gasteiger partial charge in [-0.2, -0.15) is 0 Å². The van der Waals surface area contributed by atoms with E-state index in [-0.39, 0.29) is 43.1 Å². The van der Waals surface area contributed by atoms with E-state index in [1.165, 1.54) is 21.3 Å². The van der Waals surface area contributed by atoms with Crippen LogP contribution in [0.4, 0.5) is 5.69 Å². The molecule has 1 saturated carbocycles. The fourth-order valence-electron chi connectivity index (χ4n) is 9.21. The van der Waals surface area contributed by atoms with Crippen LogP contribution in [0.15, 0.2) is 97.5 Å². The number of benzene rings is 3. The number of aromatic nitrogens is 3. The van der Waals surface area contributed by atoms with Crippen molar-refractivity contribution in [1.82, 2.24) is 24.8 Å². The first-order valence-corrected chi connectivity index (χ1v) is 21.5. The lowest BCUT2D eigenvalue weighted by molar-refractivity contribution is -0.136. The molecule has 6 heterocycles. The third-order valence-electron chi connectivity index (χ3n) is 12.6. The quantitative estimate of drug-likeness (QED) is 0.118. The first-order chi connectivity index (χ1) is 30.0. The van der Waals surface area contributed by atoms with Crippen molar-refractivity contribution in [1.29, 1.82) is 0 Å². The number of anilines is 1. The van der Waals surface area contributed by atoms with Gasteiger partial charge in [0.15, 0.2) is 5.60 Å². The number of hydrogen-bond acceptors (Lipinski definition) is 9. The van der Waals surface area contributed by atoms with E-state index < -0.39 is 17.6 Å². The number of imide groups is 1. The highest BCUT2D eigenvalue weighted by Gasteiger charge is 2.39. The third kappa shape index (κ3) is 7.84. The molecule has 3 fully saturated rings. The van der Waals surface area contributed by atoms with E-state index >= 15 is 0 Å². The summed E-state index contributed by atoms with van der Waals surface area (Å²) in [6, 6.07) is 25.6. The Morgan fingerprint density at radius 1 is 0.823 bits per heavy atom. The number of nitrogens with one attached hydrogen (secondary N) is 1. The molecule has 6 aromatic rings. The number of carbonyl (C=O) groups is 3. The smallest absolute Gasteiger partial charge is 0.255 e. The number of piperidine rings is 2. The number of pyridine rings is 2. The van der Waals surface area contributed by atoms with Gasteiger partial charge in [0.2, 0.25) is 17.7 Å². The van der Waals surface area contributed by atoms with Crippen LogP contribution in [0, 0.1) is 11.8 Å². The number of ether oxygens (including phenoxy) is 3. The fourth-order valence-corrected chi connectivity index (χ4v) is 9.21. The van der Waals surface area contributed by atoms with Crippen LogP contribution in [0.1, 0.15) is 73.9 Å². The zero-order valence-corrected chi connectivity index (χ0v) is 35.1. The Bertz CT molecular complexity index is 2790. The van der Waals surface area contributed by atoms with Gasteiger partial charge in [-0.05, 0) is 98.8 Å². The largest absolute Gasteiger partial charge is 0.475 e. The molecule has 0 bridgehead atoms. The van der Waals surface area contributed by atoms with Gasteiger partial charge in [-0.15, -0.1) is 0 Å². The maximum Gasteiger partial charge on any atom is 0.255 e. The Kier molecular flexibility index (Phi) is 10.1. The summed E-state index contributed by atoms with van der Waals surface area (Å²) in [6.45, 7) is 5.94. The van der Waals surface area contributed by atoms with Crippen molar-refractivity contribution >= 4 is 45.2 Å². The lowest BCUT2D eigenvalue weighted by Gasteiger charge is -2.40. The van der Waals surface area contributed by atoms with Crippen molar-refractivity contribution < 1.29 is 28.6 Å². The van der Waals surface area contributed by atoms with E-state index in [0.29, 0.717) is 23.6 Å². The number of hydrogen-bond donors (Lipinski definition) is 1. The Morgan fingerprint density at radius 2 is 1.66 bits per heavy atom. The number of carbonyl (C=O) groups excluding carboxylic acids is 3. The van der Waals surface area contributed by atoms with Crippen LogP contribution in [0.3, 0.4) is 0 Å². The zero-order valence-electron chi connectivity index (χ0n) is 35.1. The molecule has 62 heavy (non-hydrogen) atoms. The Labute approximate surface area is 360 Å². The van der Waals surface area contributed by atoms with E-state index in [0.717, 1.165) is 72.1 Å². The molecule has 3 amide bonds. The van der Waals surface area contributed by atoms with Gasteiger partial charge in [0, 0.05) is 109 Å². The van der Waals surface area contributed by atoms with Crippen molar-refractivity contribution in [2.24, 2.45) is 7.05 Å². The Balaban J connectivity index is 0.681. The minimum atomic E-state index is -0.814. The molecule has 1 unspecified atom stereocenters. The highest BCUT2D eigenvalue weighted by atomic mass is 16.5. The first kappa shape index (κ1) is 39.4. The minimum absolute atomic E-state index is 0.107. The molecule has 0 spiro atoms. The molecule has 314 valence electrons. The molecular weight excluding hydrogens is 781 g/mol. The molecule has 3 aromatic heterocycles. The van der Waals surface area contributed by atoms with Crippen molar-refractivity contribution in [2.75, 3.05) is 18.0 Å². The highest BCUT2D eigenvalue weighted by Crippen LogP contribution is 2.35. The predicted molar refractivity (Wildman–Crippen MR) is 236 cm³/mol. The van der Waals surface area contributed by atoms with Crippen LogP contribution in [-0.4, -0.2) is 80.2 Å². The number of nitrogens with zero attached hydrogens (tertiary/aromatic N) is 5. The summed E-state index contributed by atoms with van der Waals surface area (Å²) < 4.78 is 21.3. The summed E-state index contributed by atoms with van der Waals surface area (Å²) in [5.74, 6) is 6.90. The van der Waals surface area contributed by atoms with Crippen molar-refractivity contribution in [3.8, 4) is 34.6 Å². The van der Waals surface area contributed by atoms with Crippen LogP contribution < -0.4 is 19.7 Å². The van der Waals surface area contributed by atoms with E-state index in [1.807, 2.05) is 56.7 Å². The van der Waals surface area contributed by atoms with Gasteiger partial charge in [-0.1, -0.05) is 30.0 Å². The topological polar surface area (TPSA) is 128 Å². The molecule has 2 saturated heterocycles. The summed E-state index contributed by atoms with van der Waals surface area (Å²) >= 11 is 0. The van der Waals surface area contributed by atoms with Gasteiger partial charge >= 0.3 is 0 Å². The van der Waals surface area contributed by atoms with Crippen molar-refractivity contribution in [2.45, 2.75) is 88.9 Å². The predicted octanol–water partition coefficient (Wildman–Crippen LogP) is 7.35. The minimum Gasteiger partial charge on any atom is -0.475 e. The van der Waals surface area contributed by atoms with Gasteiger partial charge < -0.3 is 28.6 Å². The first-order valence-electron chi connectivity index (χ1n) is 21.5. The molecule has 1 atom stereocenters. The average molecular weight is 829 g/mol. The second-order valence-corrected chi connectivity index (χ2v) is 17.4. The maximum absolute atomic E-state index is 13.1. The van der Waals surface area contributed by atoms with E-state index in [9.17, 15) is 14.4 Å². The van der Waals surface area contributed by atoms with Gasteiger partial charge in [0.25, 0.3) is 5.91 Å². The summed E-state index contributed by atoms with van der Waals surface area (Å²) in [4.78, 5) is 50.1. The molecule has 1 N–H and O–H groups in total. The van der Waals surface area contributed by atoms with Gasteiger partial charge in [-0.3, -0.25) is 24.7 Å². The molecule has 10 rings (SSSR count). The standard InChI is InChI=1S/C50H48N6O6/c1-50(2,62-37-9-11-40-34(24-37)30-56(49(40)59)44-12-13-46(57)53-48(44)58)19-15-31-5-4-6-35(23-31)55-21-17-36(18-22-55)60-38-26-39(27-38)61-47-14-8-33(28-52-47)32-7-10-41-42-29-51-20-16-43(42)54(3)45(41)25-32/h4-11,14,16,20,23-25,28-29,36,38-39,44H,12-13,17-18,21-22,26-27,30H2,1-3H3,(H,53,57,58). The number of aryl methyl sites for hydroxylation is 1. The van der Waals surface area contributed by atoms with E-state index in [4.69, 9.17) is 14.2 Å². The number of rotatable bonds is 9. The van der Waals surface area contributed by atoms with Crippen LogP contribution in [0.2, 0.25) is 0 Å². The SMILES string of the molecule is Cn1c2ccncc2c2ccc(-c3ccc(OC4CC(OC5CCN(c6cccc(C#CC(C)(C)Oc7ccc8c(c7)CN(C7CCC(=O)NC7=O)C8=O)c6)CC5)C4)nc3)cc21. The molecule has 4 aliphatic rings. The summed E-state index contributed by atoms with van der Waals surface area (Å²) in [5, 5.41) is 4.70. The molecular formula is C50H48N6O6. The molecule has 3 aromatic carbocycles. The Hall–Kier alpha value is -6.71. The third-order valence-corrected chi connectivity index (χ3v) is 12.6. The van der Waals surface area contributed by atoms with Gasteiger partial charge in [0.1, 0.15) is 17.9 Å². The van der Waals surface area contributed by atoms with Gasteiger partial charge in [-0.25, -0.2) is 4.98 Å². The van der Waals surface area contributed by atoms with Crippen LogP contribution in [0.25, 0.3) is 32.9 Å². The molecule has 12 nitrogen and oxygen atoms in total. The lowest BCUT2D eigenvalue weighted by atomic mass is 9.91. The van der Waals surface area contributed by atoms with Crippen molar-refractivity contribution in [3.63, 3.8) is 0 Å². The highest BCUT2D eigenvalue weighted by molar-refractivity contribution is 6.08. The molecule has 12 heteroatoms. The second kappa shape index (κ2) is 16.0. The van der Waals surface area contributed by atoms with E-state index in [1.54, 1.807) is 12.1 Å². The summed E-state index contributed by atoms with van der Waals surface area (Å²) in [7, 11) is 2.09. The maximum atomic E-state index is 13.1. The van der Waals surface area contributed by atoms with Crippen molar-refractivity contribution in [3.05, 3.63) is 114 Å². The number of amides is 3. The normalized spacial score (nSPS) is 20.4. The Morgan fingerprint density at radius 3 is 2.47 bits per heavy atom. The van der Waals surface area contributed by atoms with E-state index in [2.05, 4.69) is 86.1 Å². The average Bonchev–Trinajstić information content (AvgIpc) is 3.74. The molecule has 1 aliphatic carbocycles. The molecule has 3 aliphatic heterocycles. The summed E-state index contributed by atoms with van der Waals surface area (Å²) in [5.41, 5.74) is 7.06. The number of fused-ring (bicyclic) bond motifs is 4. The van der Waals surface area contributed by atoms with Crippen LogP contribution in [0.5, 0.6) is 11.6 Å². The lowest BCUT2D eigenvalue weighted by Crippen LogP contribution is -2.52. The molecule has 0 radical (unpaired) electrons. The monoisotopic (exact) mass is 828 g/mol. The zero-order chi connectivity index (χ0) is 42.5. The van der Waals surface area contributed by atoms with Gasteiger partial charge in [0.05, 0.1) is 17.7 Å².